The molecule has 2 atom stereocenters. The van der Waals surface area contributed by atoms with Crippen molar-refractivity contribution in [2.24, 2.45) is 11.7 Å². The number of nitrogens with two attached hydrogens (primary N) is 1. The van der Waals surface area contributed by atoms with Crippen LogP contribution < -0.4 is 10.6 Å². The van der Waals surface area contributed by atoms with Crippen LogP contribution in [0.5, 0.6) is 0 Å². The van der Waals surface area contributed by atoms with Crippen LogP contribution in [0.15, 0.2) is 18.2 Å². The van der Waals surface area contributed by atoms with E-state index in [0.29, 0.717) is 17.9 Å². The molecular weight excluding hydrogens is 246 g/mol. The molecule has 0 radical (unpaired) electrons. The Kier molecular flexibility index (Phi) is 4.71. The first-order valence-corrected chi connectivity index (χ1v) is 7.65. The molecule has 0 amide bonds. The van der Waals surface area contributed by atoms with Crippen molar-refractivity contribution in [3.8, 4) is 0 Å². The smallest absolute Gasteiger partial charge is 0.0409 e. The second-order valence-electron chi connectivity index (χ2n) is 6.66. The molecule has 3 nitrogen and oxygen atoms in total. The van der Waals surface area contributed by atoms with Gasteiger partial charge in [0.1, 0.15) is 0 Å². The van der Waals surface area contributed by atoms with E-state index in [2.05, 4.69) is 63.0 Å². The molecule has 2 N–H and O–H groups in total. The monoisotopic (exact) mass is 275 g/mol. The van der Waals surface area contributed by atoms with Crippen LogP contribution in [0.3, 0.4) is 0 Å². The predicted molar refractivity (Wildman–Crippen MR) is 87.4 cm³/mol. The van der Waals surface area contributed by atoms with Gasteiger partial charge >= 0.3 is 0 Å². The van der Waals surface area contributed by atoms with Gasteiger partial charge in [-0.2, -0.15) is 0 Å². The Hall–Kier alpha value is -1.06. The van der Waals surface area contributed by atoms with Gasteiger partial charge in [-0.05, 0) is 49.0 Å². The predicted octanol–water partition coefficient (Wildman–Crippen LogP) is 2.83. The highest BCUT2D eigenvalue weighted by Gasteiger charge is 2.31. The number of hydrogen-bond acceptors (Lipinski definition) is 3. The summed E-state index contributed by atoms with van der Waals surface area (Å²) in [6, 6.07) is 7.44. The lowest BCUT2D eigenvalue weighted by atomic mass is 9.93. The maximum absolute atomic E-state index is 5.88. The molecule has 1 heterocycles. The minimum Gasteiger partial charge on any atom is -0.377 e. The SMILES string of the molecule is CC(C)c1ccc(N(C)C)c(C2CC(CN)CN2C)c1. The van der Waals surface area contributed by atoms with Crippen LogP contribution in [0.2, 0.25) is 0 Å². The van der Waals surface area contributed by atoms with Gasteiger partial charge in [-0.3, -0.25) is 4.90 Å². The highest BCUT2D eigenvalue weighted by atomic mass is 15.2. The van der Waals surface area contributed by atoms with E-state index >= 15 is 0 Å². The molecule has 20 heavy (non-hydrogen) atoms. The molecule has 2 unspecified atom stereocenters. The van der Waals surface area contributed by atoms with Crippen molar-refractivity contribution in [2.75, 3.05) is 39.1 Å². The molecule has 0 saturated carbocycles. The summed E-state index contributed by atoms with van der Waals surface area (Å²) in [6.45, 7) is 6.42. The van der Waals surface area contributed by atoms with Crippen molar-refractivity contribution in [1.29, 1.82) is 0 Å². The molecule has 1 aliphatic heterocycles. The maximum atomic E-state index is 5.88. The van der Waals surface area contributed by atoms with E-state index in [-0.39, 0.29) is 0 Å². The summed E-state index contributed by atoms with van der Waals surface area (Å²) in [5, 5.41) is 0. The molecule has 3 heteroatoms. The number of rotatable bonds is 4. The molecule has 1 saturated heterocycles. The molecule has 1 aliphatic rings. The lowest BCUT2D eigenvalue weighted by Crippen LogP contribution is -2.22. The maximum Gasteiger partial charge on any atom is 0.0409 e. The molecule has 1 aromatic carbocycles. The topological polar surface area (TPSA) is 32.5 Å². The van der Waals surface area contributed by atoms with Gasteiger partial charge in [-0.25, -0.2) is 0 Å². The van der Waals surface area contributed by atoms with Crippen molar-refractivity contribution in [3.05, 3.63) is 29.3 Å². The van der Waals surface area contributed by atoms with E-state index in [4.69, 9.17) is 5.73 Å². The average Bonchev–Trinajstić information content (AvgIpc) is 2.79. The van der Waals surface area contributed by atoms with Crippen LogP contribution in [0.1, 0.15) is 43.4 Å². The Bertz CT molecular complexity index is 454. The molecule has 1 aromatic rings. The van der Waals surface area contributed by atoms with Gasteiger partial charge < -0.3 is 10.6 Å². The Morgan fingerprint density at radius 3 is 2.55 bits per heavy atom. The van der Waals surface area contributed by atoms with Crippen LogP contribution in [0, 0.1) is 5.92 Å². The van der Waals surface area contributed by atoms with Gasteiger partial charge in [0, 0.05) is 32.4 Å². The highest BCUT2D eigenvalue weighted by Crippen LogP contribution is 2.39. The molecular formula is C17H29N3. The summed E-state index contributed by atoms with van der Waals surface area (Å²) >= 11 is 0. The fraction of sp³-hybridized carbons (Fsp3) is 0.647. The minimum atomic E-state index is 0.500. The van der Waals surface area contributed by atoms with E-state index in [1.165, 1.54) is 23.2 Å². The summed E-state index contributed by atoms with van der Waals surface area (Å²) < 4.78 is 0. The summed E-state index contributed by atoms with van der Waals surface area (Å²) in [5.74, 6) is 1.20. The first-order chi connectivity index (χ1) is 9.43. The molecule has 0 spiro atoms. The standard InChI is InChI=1S/C17H29N3/c1-12(2)14-6-7-16(19(3)4)15(9-14)17-8-13(10-18)11-20(17)5/h6-7,9,12-13,17H,8,10-11,18H2,1-5H3. The summed E-state index contributed by atoms with van der Waals surface area (Å²) in [5.41, 5.74) is 10.1. The van der Waals surface area contributed by atoms with Gasteiger partial charge in [0.15, 0.2) is 0 Å². The summed E-state index contributed by atoms with van der Waals surface area (Å²) in [7, 11) is 6.48. The van der Waals surface area contributed by atoms with Crippen LogP contribution >= 0.6 is 0 Å². The Labute approximate surface area is 123 Å². The Morgan fingerprint density at radius 1 is 1.35 bits per heavy atom. The summed E-state index contributed by atoms with van der Waals surface area (Å²) in [6.07, 6.45) is 1.18. The fourth-order valence-electron chi connectivity index (χ4n) is 3.25. The average molecular weight is 275 g/mol. The van der Waals surface area contributed by atoms with Crippen molar-refractivity contribution >= 4 is 5.69 Å². The molecule has 0 aliphatic carbocycles. The first kappa shape index (κ1) is 15.3. The van der Waals surface area contributed by atoms with Gasteiger partial charge in [-0.15, -0.1) is 0 Å². The fourth-order valence-corrected chi connectivity index (χ4v) is 3.25. The highest BCUT2D eigenvalue weighted by molar-refractivity contribution is 5.56. The van der Waals surface area contributed by atoms with E-state index < -0.39 is 0 Å². The summed E-state index contributed by atoms with van der Waals surface area (Å²) in [4.78, 5) is 4.69. The molecule has 0 aromatic heterocycles. The molecule has 2 rings (SSSR count). The van der Waals surface area contributed by atoms with Gasteiger partial charge in [0.25, 0.3) is 0 Å². The van der Waals surface area contributed by atoms with Crippen LogP contribution in [0.4, 0.5) is 5.69 Å². The first-order valence-electron chi connectivity index (χ1n) is 7.65. The third-order valence-corrected chi connectivity index (χ3v) is 4.53. The number of anilines is 1. The lowest BCUT2D eigenvalue weighted by Gasteiger charge is -2.27. The van der Waals surface area contributed by atoms with Crippen molar-refractivity contribution in [3.63, 3.8) is 0 Å². The quantitative estimate of drug-likeness (QED) is 0.917. The largest absolute Gasteiger partial charge is 0.377 e. The van der Waals surface area contributed by atoms with Crippen LogP contribution in [0.25, 0.3) is 0 Å². The van der Waals surface area contributed by atoms with Crippen LogP contribution in [-0.4, -0.2) is 39.1 Å². The number of hydrogen-bond donors (Lipinski definition) is 1. The second-order valence-corrected chi connectivity index (χ2v) is 6.66. The second kappa shape index (κ2) is 6.15. The van der Waals surface area contributed by atoms with E-state index in [0.717, 1.165) is 13.1 Å². The number of nitrogens with zero attached hydrogens (tertiary/aromatic N) is 2. The molecule has 0 bridgehead atoms. The van der Waals surface area contributed by atoms with E-state index in [9.17, 15) is 0 Å². The van der Waals surface area contributed by atoms with Crippen molar-refractivity contribution in [2.45, 2.75) is 32.2 Å². The van der Waals surface area contributed by atoms with E-state index in [1.807, 2.05) is 0 Å². The third-order valence-electron chi connectivity index (χ3n) is 4.53. The zero-order valence-corrected chi connectivity index (χ0v) is 13.6. The zero-order chi connectivity index (χ0) is 14.9. The molecule has 112 valence electrons. The van der Waals surface area contributed by atoms with Crippen molar-refractivity contribution in [1.82, 2.24) is 4.90 Å². The van der Waals surface area contributed by atoms with Gasteiger partial charge in [0.05, 0.1) is 0 Å². The van der Waals surface area contributed by atoms with Crippen molar-refractivity contribution < 1.29 is 0 Å². The normalized spacial score (nSPS) is 23.6. The number of likely N-dealkylation sites (tertiary alicyclic amines) is 1. The zero-order valence-electron chi connectivity index (χ0n) is 13.6. The van der Waals surface area contributed by atoms with E-state index in [1.54, 1.807) is 0 Å². The third kappa shape index (κ3) is 2.99. The Balaban J connectivity index is 2.39. The minimum absolute atomic E-state index is 0.500. The van der Waals surface area contributed by atoms with Gasteiger partial charge in [-0.1, -0.05) is 26.0 Å². The van der Waals surface area contributed by atoms with Gasteiger partial charge in [0.2, 0.25) is 0 Å². The van der Waals surface area contributed by atoms with Crippen LogP contribution in [-0.2, 0) is 0 Å². The lowest BCUT2D eigenvalue weighted by molar-refractivity contribution is 0.314. The Morgan fingerprint density at radius 2 is 2.05 bits per heavy atom. The molecule has 1 fully saturated rings. The number of benzene rings is 1.